The van der Waals surface area contributed by atoms with Crippen LogP contribution in [-0.2, 0) is 16.0 Å². The molecular formula is C19H29BN4O4. The fourth-order valence-electron chi connectivity index (χ4n) is 2.68. The summed E-state index contributed by atoms with van der Waals surface area (Å²) in [5.41, 5.74) is 0.946. The van der Waals surface area contributed by atoms with Crippen LogP contribution in [0.25, 0.3) is 0 Å². The molecule has 9 heteroatoms. The minimum Gasteiger partial charge on any atom is -0.426 e. The van der Waals surface area contributed by atoms with Gasteiger partial charge < -0.3 is 20.7 Å². The average molecular weight is 388 g/mol. The lowest BCUT2D eigenvalue weighted by Crippen LogP contribution is -2.55. The maximum absolute atomic E-state index is 12.8. The third kappa shape index (κ3) is 8.02. The molecule has 4 N–H and O–H groups in total. The molecule has 0 bridgehead atoms. The fraction of sp³-hybridized carbons (Fsp3) is 0.474. The number of amides is 2. The van der Waals surface area contributed by atoms with E-state index >= 15 is 0 Å². The summed E-state index contributed by atoms with van der Waals surface area (Å²) in [6.45, 7) is 3.83. The number of aliphatic imine (C=N–C) groups is 2. The van der Waals surface area contributed by atoms with Gasteiger partial charge >= 0.3 is 7.12 Å². The Morgan fingerprint density at radius 1 is 1.14 bits per heavy atom. The van der Waals surface area contributed by atoms with E-state index in [0.717, 1.165) is 5.56 Å². The van der Waals surface area contributed by atoms with Gasteiger partial charge in [0.1, 0.15) is 11.8 Å². The molecule has 0 aromatic heterocycles. The lowest BCUT2D eigenvalue weighted by atomic mass is 9.75. The summed E-state index contributed by atoms with van der Waals surface area (Å²) in [5, 5.41) is 24.5. The van der Waals surface area contributed by atoms with Crippen molar-refractivity contribution in [3.05, 3.63) is 35.9 Å². The highest BCUT2D eigenvalue weighted by Gasteiger charge is 2.30. The zero-order valence-electron chi connectivity index (χ0n) is 16.8. The van der Waals surface area contributed by atoms with Crippen LogP contribution in [0, 0.1) is 5.92 Å². The summed E-state index contributed by atoms with van der Waals surface area (Å²) in [7, 11) is 1.29. The van der Waals surface area contributed by atoms with E-state index in [-0.39, 0.29) is 18.1 Å². The van der Waals surface area contributed by atoms with Gasteiger partial charge in [0.25, 0.3) is 5.91 Å². The second-order valence-electron chi connectivity index (χ2n) is 6.87. The maximum Gasteiger partial charge on any atom is 0.475 e. The Kier molecular flexibility index (Phi) is 10.1. The van der Waals surface area contributed by atoms with E-state index in [1.807, 2.05) is 44.2 Å². The lowest BCUT2D eigenvalue weighted by molar-refractivity contribution is -0.126. The molecule has 0 aliphatic rings. The number of rotatable bonds is 10. The summed E-state index contributed by atoms with van der Waals surface area (Å²) < 4.78 is 0. The van der Waals surface area contributed by atoms with Crippen molar-refractivity contribution in [1.82, 2.24) is 10.6 Å². The third-order valence-corrected chi connectivity index (χ3v) is 4.04. The van der Waals surface area contributed by atoms with E-state index < -0.39 is 30.9 Å². The number of hydrogen-bond donors (Lipinski definition) is 4. The Labute approximate surface area is 166 Å². The third-order valence-electron chi connectivity index (χ3n) is 4.04. The number of carbonyl (C=O) groups excluding carboxylic acids is 2. The highest BCUT2D eigenvalue weighted by molar-refractivity contribution is 6.60. The predicted molar refractivity (Wildman–Crippen MR) is 111 cm³/mol. The zero-order chi connectivity index (χ0) is 21.1. The highest BCUT2D eigenvalue weighted by atomic mass is 16.4. The van der Waals surface area contributed by atoms with Crippen LogP contribution in [-0.4, -0.2) is 67.0 Å². The molecule has 28 heavy (non-hydrogen) atoms. The van der Waals surface area contributed by atoms with Crippen molar-refractivity contribution in [3.63, 3.8) is 0 Å². The first-order valence-electron chi connectivity index (χ1n) is 9.18. The number of carbonyl (C=O) groups is 2. The summed E-state index contributed by atoms with van der Waals surface area (Å²) in [6.07, 6.45) is 1.94. The van der Waals surface area contributed by atoms with E-state index in [1.54, 1.807) is 0 Å². The van der Waals surface area contributed by atoms with Gasteiger partial charge in [0.05, 0.1) is 12.2 Å². The first-order valence-corrected chi connectivity index (χ1v) is 9.18. The van der Waals surface area contributed by atoms with Gasteiger partial charge in [-0.3, -0.25) is 19.6 Å². The second-order valence-corrected chi connectivity index (χ2v) is 6.87. The van der Waals surface area contributed by atoms with Crippen LogP contribution < -0.4 is 10.6 Å². The summed E-state index contributed by atoms with van der Waals surface area (Å²) in [6, 6.07) is 8.33. The number of nitrogens with zero attached hydrogens (tertiary/aromatic N) is 2. The summed E-state index contributed by atoms with van der Waals surface area (Å²) in [5.74, 6) is -1.72. The van der Waals surface area contributed by atoms with Gasteiger partial charge in [-0.1, -0.05) is 44.2 Å². The Morgan fingerprint density at radius 3 is 2.29 bits per heavy atom. The van der Waals surface area contributed by atoms with Crippen molar-refractivity contribution in [2.75, 3.05) is 14.1 Å². The van der Waals surface area contributed by atoms with Gasteiger partial charge in [-0.05, 0) is 17.9 Å². The molecule has 1 aromatic rings. The molecule has 2 amide bonds. The molecule has 0 heterocycles. The topological polar surface area (TPSA) is 123 Å². The van der Waals surface area contributed by atoms with E-state index in [0.29, 0.717) is 6.42 Å². The first-order chi connectivity index (χ1) is 13.3. The van der Waals surface area contributed by atoms with Crippen LogP contribution in [0.2, 0.25) is 0 Å². The summed E-state index contributed by atoms with van der Waals surface area (Å²) >= 11 is 0. The SMILES string of the molecule is CN=CC(=NC)C(=O)N[C@@H](Cc1ccccc1)C(=O)N[C@@H](CC(C)C)B(O)O. The minimum atomic E-state index is -1.69. The Morgan fingerprint density at radius 2 is 1.79 bits per heavy atom. The van der Waals surface area contributed by atoms with E-state index in [2.05, 4.69) is 20.6 Å². The van der Waals surface area contributed by atoms with Gasteiger partial charge in [0.2, 0.25) is 5.91 Å². The van der Waals surface area contributed by atoms with Crippen LogP contribution in [0.3, 0.4) is 0 Å². The van der Waals surface area contributed by atoms with Crippen LogP contribution >= 0.6 is 0 Å². The van der Waals surface area contributed by atoms with Gasteiger partial charge in [-0.25, -0.2) is 0 Å². The molecule has 0 radical (unpaired) electrons. The quantitative estimate of drug-likeness (QED) is 0.334. The molecule has 0 aliphatic heterocycles. The first kappa shape index (κ1) is 23.5. The molecular weight excluding hydrogens is 359 g/mol. The van der Waals surface area contributed by atoms with Crippen molar-refractivity contribution in [2.45, 2.75) is 38.7 Å². The summed E-state index contributed by atoms with van der Waals surface area (Å²) in [4.78, 5) is 32.9. The van der Waals surface area contributed by atoms with Crippen molar-refractivity contribution in [3.8, 4) is 0 Å². The molecule has 8 nitrogen and oxygen atoms in total. The fourth-order valence-corrected chi connectivity index (χ4v) is 2.68. The van der Waals surface area contributed by atoms with Crippen LogP contribution in [0.1, 0.15) is 25.8 Å². The van der Waals surface area contributed by atoms with Crippen molar-refractivity contribution in [1.29, 1.82) is 0 Å². The van der Waals surface area contributed by atoms with Crippen molar-refractivity contribution >= 4 is 30.9 Å². The van der Waals surface area contributed by atoms with Crippen molar-refractivity contribution < 1.29 is 19.6 Å². The second kappa shape index (κ2) is 12.0. The van der Waals surface area contributed by atoms with Crippen LogP contribution in [0.5, 0.6) is 0 Å². The van der Waals surface area contributed by atoms with Gasteiger partial charge in [-0.15, -0.1) is 0 Å². The molecule has 152 valence electrons. The zero-order valence-corrected chi connectivity index (χ0v) is 16.8. The molecule has 0 aliphatic carbocycles. The normalized spacial score (nSPS) is 14.0. The average Bonchev–Trinajstić information content (AvgIpc) is 2.65. The molecule has 0 fully saturated rings. The van der Waals surface area contributed by atoms with Gasteiger partial charge in [-0.2, -0.15) is 0 Å². The van der Waals surface area contributed by atoms with E-state index in [1.165, 1.54) is 20.3 Å². The Hall–Kier alpha value is -2.52. The number of hydrogen-bond acceptors (Lipinski definition) is 6. The highest BCUT2D eigenvalue weighted by Crippen LogP contribution is 2.08. The van der Waals surface area contributed by atoms with E-state index in [9.17, 15) is 19.6 Å². The van der Waals surface area contributed by atoms with Crippen molar-refractivity contribution in [2.24, 2.45) is 15.9 Å². The van der Waals surface area contributed by atoms with Crippen LogP contribution in [0.15, 0.2) is 40.3 Å². The Bertz CT molecular complexity index is 692. The smallest absolute Gasteiger partial charge is 0.426 e. The van der Waals surface area contributed by atoms with Gasteiger partial charge in [0.15, 0.2) is 0 Å². The monoisotopic (exact) mass is 388 g/mol. The van der Waals surface area contributed by atoms with E-state index in [4.69, 9.17) is 0 Å². The molecule has 0 saturated carbocycles. The molecule has 0 spiro atoms. The van der Waals surface area contributed by atoms with Gasteiger partial charge in [0, 0.05) is 20.5 Å². The van der Waals surface area contributed by atoms with Crippen LogP contribution in [0.4, 0.5) is 0 Å². The minimum absolute atomic E-state index is 0.0919. The standard InChI is InChI=1S/C19H29BN4O4/c1-13(2)10-17(20(27)28)24-18(25)15(11-14-8-6-5-7-9-14)23-19(26)16(22-4)12-21-3/h5-9,12-13,15,17,27-28H,10-11H2,1-4H3,(H,23,26)(H,24,25)/t15-,17-/m0/s1. The molecule has 1 aromatic carbocycles. The lowest BCUT2D eigenvalue weighted by Gasteiger charge is -2.24. The molecule has 0 saturated heterocycles. The molecule has 0 unspecified atom stereocenters. The molecule has 1 rings (SSSR count). The largest absolute Gasteiger partial charge is 0.475 e. The number of benzene rings is 1. The number of nitrogens with one attached hydrogen (secondary N) is 2. The molecule has 2 atom stereocenters. The predicted octanol–water partition coefficient (Wildman–Crippen LogP) is 0.0282. The maximum atomic E-state index is 12.8. The Balaban J connectivity index is 3.01.